The fraction of sp³-hybridized carbons (Fsp3) is 0.667. The maximum absolute atomic E-state index is 12.3. The zero-order valence-electron chi connectivity index (χ0n) is 16.4. The van der Waals surface area contributed by atoms with Crippen molar-refractivity contribution in [3.8, 4) is 0 Å². The molecule has 0 amide bonds. The van der Waals surface area contributed by atoms with Gasteiger partial charge in [0.15, 0.2) is 0 Å². The second-order valence-electron chi connectivity index (χ2n) is 7.49. The standard InChI is InChI=1S/C21H33NO4/c1-15(2)10-11-25-20-16(3)26-21(23)19(22-4)14-24-13-18(20)12-17-8-6-5-7-9-17/h5-9,15-16,18-20,22H,10-14H2,1-4H3/t16-,18-,19-,20-/m0/s1. The molecule has 146 valence electrons. The first-order valence-corrected chi connectivity index (χ1v) is 9.62. The smallest absolute Gasteiger partial charge is 0.325 e. The zero-order valence-corrected chi connectivity index (χ0v) is 16.4. The summed E-state index contributed by atoms with van der Waals surface area (Å²) in [7, 11) is 1.75. The number of hydrogen-bond acceptors (Lipinski definition) is 5. The lowest BCUT2D eigenvalue weighted by Gasteiger charge is -2.31. The van der Waals surface area contributed by atoms with E-state index in [1.807, 2.05) is 25.1 Å². The van der Waals surface area contributed by atoms with Crippen LogP contribution < -0.4 is 5.32 Å². The Morgan fingerprint density at radius 3 is 2.62 bits per heavy atom. The van der Waals surface area contributed by atoms with E-state index >= 15 is 0 Å². The third-order valence-electron chi connectivity index (χ3n) is 4.82. The lowest BCUT2D eigenvalue weighted by atomic mass is 9.91. The SMILES string of the molecule is CN[C@H]1COC[C@H](Cc2ccccc2)[C@@H](OCCC(C)C)[C@H](C)OC1=O. The van der Waals surface area contributed by atoms with Crippen LogP contribution in [-0.4, -0.2) is 51.1 Å². The van der Waals surface area contributed by atoms with Crippen molar-refractivity contribution in [2.75, 3.05) is 26.9 Å². The van der Waals surface area contributed by atoms with E-state index < -0.39 is 6.04 Å². The van der Waals surface area contributed by atoms with Gasteiger partial charge in [0.25, 0.3) is 0 Å². The number of nitrogens with one attached hydrogen (secondary N) is 1. The number of carbonyl (C=O) groups is 1. The van der Waals surface area contributed by atoms with E-state index in [4.69, 9.17) is 14.2 Å². The second kappa shape index (κ2) is 10.7. The molecule has 1 aliphatic heterocycles. The molecule has 1 aliphatic rings. The molecule has 5 nitrogen and oxygen atoms in total. The first kappa shape index (κ1) is 20.9. The van der Waals surface area contributed by atoms with Gasteiger partial charge in [-0.1, -0.05) is 44.2 Å². The van der Waals surface area contributed by atoms with E-state index in [-0.39, 0.29) is 24.1 Å². The van der Waals surface area contributed by atoms with Gasteiger partial charge in [0.1, 0.15) is 12.1 Å². The number of ether oxygens (including phenoxy) is 3. The molecule has 0 aromatic heterocycles. The molecule has 1 saturated heterocycles. The van der Waals surface area contributed by atoms with Gasteiger partial charge in [-0.3, -0.25) is 4.79 Å². The quantitative estimate of drug-likeness (QED) is 0.755. The fourth-order valence-corrected chi connectivity index (χ4v) is 3.22. The summed E-state index contributed by atoms with van der Waals surface area (Å²) >= 11 is 0. The van der Waals surface area contributed by atoms with Gasteiger partial charge in [0.05, 0.1) is 19.3 Å². The van der Waals surface area contributed by atoms with Gasteiger partial charge in [-0.15, -0.1) is 0 Å². The highest BCUT2D eigenvalue weighted by atomic mass is 16.6. The van der Waals surface area contributed by atoms with Gasteiger partial charge in [0.2, 0.25) is 0 Å². The van der Waals surface area contributed by atoms with Crippen LogP contribution in [0, 0.1) is 11.8 Å². The highest BCUT2D eigenvalue weighted by Crippen LogP contribution is 2.23. The van der Waals surface area contributed by atoms with Crippen LogP contribution in [0.25, 0.3) is 0 Å². The Balaban J connectivity index is 2.15. The lowest BCUT2D eigenvalue weighted by molar-refractivity contribution is -0.160. The summed E-state index contributed by atoms with van der Waals surface area (Å²) in [4.78, 5) is 12.3. The Bertz CT molecular complexity index is 534. The molecule has 1 heterocycles. The molecule has 1 aromatic carbocycles. The normalized spacial score (nSPS) is 27.5. The minimum atomic E-state index is -0.441. The number of likely N-dealkylation sites (N-methyl/N-ethyl adjacent to an activating group) is 1. The Morgan fingerprint density at radius 2 is 1.96 bits per heavy atom. The Morgan fingerprint density at radius 1 is 1.23 bits per heavy atom. The van der Waals surface area contributed by atoms with Crippen LogP contribution in [0.5, 0.6) is 0 Å². The van der Waals surface area contributed by atoms with E-state index in [1.165, 1.54) is 5.56 Å². The number of hydrogen-bond donors (Lipinski definition) is 1. The lowest BCUT2D eigenvalue weighted by Crippen LogP contribution is -2.43. The zero-order chi connectivity index (χ0) is 18.9. The number of carbonyl (C=O) groups excluding carboxylic acids is 1. The van der Waals surface area contributed by atoms with Gasteiger partial charge in [-0.05, 0) is 38.3 Å². The van der Waals surface area contributed by atoms with E-state index in [0.717, 1.165) is 12.8 Å². The van der Waals surface area contributed by atoms with Crippen molar-refractivity contribution in [3.05, 3.63) is 35.9 Å². The molecule has 1 fully saturated rings. The van der Waals surface area contributed by atoms with Crippen LogP contribution in [0.1, 0.15) is 32.8 Å². The van der Waals surface area contributed by atoms with Gasteiger partial charge < -0.3 is 19.5 Å². The highest BCUT2D eigenvalue weighted by Gasteiger charge is 2.34. The summed E-state index contributed by atoms with van der Waals surface area (Å²) in [5, 5.41) is 2.97. The largest absolute Gasteiger partial charge is 0.459 e. The third-order valence-corrected chi connectivity index (χ3v) is 4.82. The summed E-state index contributed by atoms with van der Waals surface area (Å²) in [5.74, 6) is 0.419. The van der Waals surface area contributed by atoms with Crippen molar-refractivity contribution in [1.82, 2.24) is 5.32 Å². The van der Waals surface area contributed by atoms with Crippen LogP contribution in [-0.2, 0) is 25.4 Å². The first-order chi connectivity index (χ1) is 12.5. The number of esters is 1. The molecule has 1 N–H and O–H groups in total. The number of benzene rings is 1. The van der Waals surface area contributed by atoms with Crippen molar-refractivity contribution in [2.45, 2.75) is 51.9 Å². The van der Waals surface area contributed by atoms with Crippen LogP contribution >= 0.6 is 0 Å². The Kier molecular flexibility index (Phi) is 8.55. The third kappa shape index (κ3) is 6.38. The first-order valence-electron chi connectivity index (χ1n) is 9.62. The van der Waals surface area contributed by atoms with Crippen molar-refractivity contribution in [2.24, 2.45) is 11.8 Å². The molecule has 5 heteroatoms. The average Bonchev–Trinajstić information content (AvgIpc) is 2.66. The van der Waals surface area contributed by atoms with Crippen molar-refractivity contribution in [1.29, 1.82) is 0 Å². The second-order valence-corrected chi connectivity index (χ2v) is 7.49. The van der Waals surface area contributed by atoms with Gasteiger partial charge in [-0.25, -0.2) is 0 Å². The van der Waals surface area contributed by atoms with Crippen LogP contribution in [0.15, 0.2) is 30.3 Å². The Labute approximate surface area is 157 Å². The summed E-state index contributed by atoms with van der Waals surface area (Å²) in [6.45, 7) is 7.79. The van der Waals surface area contributed by atoms with Crippen molar-refractivity contribution < 1.29 is 19.0 Å². The van der Waals surface area contributed by atoms with Crippen LogP contribution in [0.4, 0.5) is 0 Å². The molecule has 0 spiro atoms. The molecule has 0 bridgehead atoms. The summed E-state index contributed by atoms with van der Waals surface area (Å²) in [5.41, 5.74) is 1.24. The van der Waals surface area contributed by atoms with Crippen LogP contribution in [0.3, 0.4) is 0 Å². The highest BCUT2D eigenvalue weighted by molar-refractivity contribution is 5.76. The molecular formula is C21H33NO4. The van der Waals surface area contributed by atoms with Crippen molar-refractivity contribution >= 4 is 5.97 Å². The molecule has 4 atom stereocenters. The maximum atomic E-state index is 12.3. The fourth-order valence-electron chi connectivity index (χ4n) is 3.22. The minimum Gasteiger partial charge on any atom is -0.459 e. The molecular weight excluding hydrogens is 330 g/mol. The predicted molar refractivity (Wildman–Crippen MR) is 102 cm³/mol. The molecule has 2 rings (SSSR count). The number of cyclic esters (lactones) is 1. The van der Waals surface area contributed by atoms with E-state index in [0.29, 0.717) is 25.7 Å². The molecule has 0 radical (unpaired) electrons. The topological polar surface area (TPSA) is 56.8 Å². The van der Waals surface area contributed by atoms with Crippen molar-refractivity contribution in [3.63, 3.8) is 0 Å². The minimum absolute atomic E-state index is 0.128. The van der Waals surface area contributed by atoms with E-state index in [1.54, 1.807) is 7.05 Å². The molecule has 0 unspecified atom stereocenters. The molecule has 0 saturated carbocycles. The molecule has 26 heavy (non-hydrogen) atoms. The Hall–Kier alpha value is -1.43. The predicted octanol–water partition coefficient (Wildman–Crippen LogP) is 2.83. The van der Waals surface area contributed by atoms with E-state index in [9.17, 15) is 4.79 Å². The molecule has 1 aromatic rings. The monoisotopic (exact) mass is 363 g/mol. The summed E-state index contributed by atoms with van der Waals surface area (Å²) in [6.07, 6.45) is 1.31. The van der Waals surface area contributed by atoms with Gasteiger partial charge in [0, 0.05) is 12.5 Å². The van der Waals surface area contributed by atoms with Gasteiger partial charge >= 0.3 is 5.97 Å². The number of rotatable bonds is 7. The summed E-state index contributed by atoms with van der Waals surface area (Å²) < 4.78 is 17.8. The average molecular weight is 363 g/mol. The van der Waals surface area contributed by atoms with Gasteiger partial charge in [-0.2, -0.15) is 0 Å². The summed E-state index contributed by atoms with van der Waals surface area (Å²) in [6, 6.07) is 9.89. The molecule has 0 aliphatic carbocycles. The van der Waals surface area contributed by atoms with E-state index in [2.05, 4.69) is 31.3 Å². The van der Waals surface area contributed by atoms with Crippen LogP contribution in [0.2, 0.25) is 0 Å². The maximum Gasteiger partial charge on any atom is 0.325 e.